The zero-order chi connectivity index (χ0) is 20.1. The maximum Gasteiger partial charge on any atom is 0.320 e. The third-order valence-corrected chi connectivity index (χ3v) is 5.26. The second-order valence-electron chi connectivity index (χ2n) is 7.24. The van der Waals surface area contributed by atoms with Gasteiger partial charge >= 0.3 is 6.03 Å². The van der Waals surface area contributed by atoms with Gasteiger partial charge in [0, 0.05) is 45.5 Å². The number of carbonyl (C=O) groups is 2. The molecule has 9 heteroatoms. The smallest absolute Gasteiger partial charge is 0.320 e. The van der Waals surface area contributed by atoms with E-state index >= 15 is 0 Å². The van der Waals surface area contributed by atoms with Crippen LogP contribution in [-0.2, 0) is 0 Å². The lowest BCUT2D eigenvalue weighted by Crippen LogP contribution is -2.53. The van der Waals surface area contributed by atoms with Crippen LogP contribution in [0.2, 0.25) is 0 Å². The molecule has 2 aromatic heterocycles. The van der Waals surface area contributed by atoms with Crippen molar-refractivity contribution in [3.63, 3.8) is 0 Å². The molecule has 0 atom stereocenters. The van der Waals surface area contributed by atoms with Gasteiger partial charge in [0.15, 0.2) is 0 Å². The molecule has 152 valence electrons. The Labute approximate surface area is 169 Å². The first kappa shape index (κ1) is 19.1. The largest absolute Gasteiger partial charge is 0.352 e. The number of piperazine rings is 1. The molecular formula is C20H25N7O2. The zero-order valence-corrected chi connectivity index (χ0v) is 16.3. The van der Waals surface area contributed by atoms with Crippen LogP contribution in [0.1, 0.15) is 29.8 Å². The molecule has 0 aromatic carbocycles. The summed E-state index contributed by atoms with van der Waals surface area (Å²) in [5.41, 5.74) is 0.236. The zero-order valence-electron chi connectivity index (χ0n) is 16.3. The molecule has 2 aliphatic rings. The van der Waals surface area contributed by atoms with E-state index in [1.165, 1.54) is 12.6 Å². The van der Waals surface area contributed by atoms with Gasteiger partial charge in [0.2, 0.25) is 0 Å². The number of urea groups is 1. The molecule has 2 fully saturated rings. The first-order chi connectivity index (χ1) is 14.2. The molecule has 0 bridgehead atoms. The average Bonchev–Trinajstić information content (AvgIpc) is 2.80. The number of anilines is 2. The van der Waals surface area contributed by atoms with Crippen molar-refractivity contribution in [1.82, 2.24) is 24.8 Å². The van der Waals surface area contributed by atoms with E-state index in [2.05, 4.69) is 25.2 Å². The molecule has 29 heavy (non-hydrogen) atoms. The predicted octanol–water partition coefficient (Wildman–Crippen LogP) is 1.85. The highest BCUT2D eigenvalue weighted by Gasteiger charge is 2.27. The summed E-state index contributed by atoms with van der Waals surface area (Å²) in [6, 6.07) is 5.44. The van der Waals surface area contributed by atoms with Gasteiger partial charge < -0.3 is 20.0 Å². The van der Waals surface area contributed by atoms with E-state index in [-0.39, 0.29) is 17.6 Å². The lowest BCUT2D eigenvalue weighted by atomic mass is 10.1. The van der Waals surface area contributed by atoms with E-state index in [1.807, 2.05) is 9.80 Å². The van der Waals surface area contributed by atoms with Crippen LogP contribution < -0.4 is 10.2 Å². The number of rotatable bonds is 3. The molecule has 9 nitrogen and oxygen atoms in total. The van der Waals surface area contributed by atoms with Gasteiger partial charge in [-0.15, -0.1) is 0 Å². The number of nitrogens with one attached hydrogen (secondary N) is 1. The highest BCUT2D eigenvalue weighted by Crippen LogP contribution is 2.16. The average molecular weight is 395 g/mol. The van der Waals surface area contributed by atoms with Crippen molar-refractivity contribution < 1.29 is 9.59 Å². The fourth-order valence-electron chi connectivity index (χ4n) is 3.65. The standard InChI is InChI=1S/C20H25N7O2/c28-19(24-17-6-2-3-7-22-17)16-14-21-15-18(23-16)25-10-12-27(13-11-25)20(29)26-8-4-1-5-9-26/h2-3,6-7,14-15H,1,4-5,8-13H2,(H,22,24,28). The number of carbonyl (C=O) groups excluding carboxylic acids is 2. The number of aromatic nitrogens is 3. The van der Waals surface area contributed by atoms with Gasteiger partial charge in [-0.05, 0) is 31.4 Å². The summed E-state index contributed by atoms with van der Waals surface area (Å²) in [5.74, 6) is 0.759. The van der Waals surface area contributed by atoms with E-state index in [1.54, 1.807) is 30.6 Å². The lowest BCUT2D eigenvalue weighted by Gasteiger charge is -2.38. The Bertz CT molecular complexity index is 847. The van der Waals surface area contributed by atoms with Crippen molar-refractivity contribution in [2.75, 3.05) is 49.5 Å². The van der Waals surface area contributed by atoms with Crippen LogP contribution in [0.15, 0.2) is 36.8 Å². The first-order valence-electron chi connectivity index (χ1n) is 10.0. The molecule has 4 heterocycles. The Morgan fingerprint density at radius 2 is 1.66 bits per heavy atom. The van der Waals surface area contributed by atoms with Gasteiger partial charge in [-0.1, -0.05) is 6.07 Å². The molecular weight excluding hydrogens is 370 g/mol. The predicted molar refractivity (Wildman–Crippen MR) is 109 cm³/mol. The minimum absolute atomic E-state index is 0.138. The highest BCUT2D eigenvalue weighted by molar-refractivity contribution is 6.02. The van der Waals surface area contributed by atoms with Gasteiger partial charge in [0.1, 0.15) is 17.3 Å². The third-order valence-electron chi connectivity index (χ3n) is 5.26. The van der Waals surface area contributed by atoms with Crippen LogP contribution in [0.3, 0.4) is 0 Å². The van der Waals surface area contributed by atoms with Crippen LogP contribution in [0.5, 0.6) is 0 Å². The number of amides is 3. The molecule has 4 rings (SSSR count). The number of piperidine rings is 1. The Morgan fingerprint density at radius 1 is 0.897 bits per heavy atom. The number of hydrogen-bond donors (Lipinski definition) is 1. The molecule has 0 unspecified atom stereocenters. The Hall–Kier alpha value is -3.23. The minimum Gasteiger partial charge on any atom is -0.352 e. The Kier molecular flexibility index (Phi) is 5.83. The summed E-state index contributed by atoms with van der Waals surface area (Å²) in [5, 5.41) is 2.72. The summed E-state index contributed by atoms with van der Waals surface area (Å²) in [7, 11) is 0. The molecule has 2 aromatic rings. The monoisotopic (exact) mass is 395 g/mol. The summed E-state index contributed by atoms with van der Waals surface area (Å²) < 4.78 is 0. The van der Waals surface area contributed by atoms with Crippen molar-refractivity contribution in [2.24, 2.45) is 0 Å². The fraction of sp³-hybridized carbons (Fsp3) is 0.450. The topological polar surface area (TPSA) is 94.6 Å². The van der Waals surface area contributed by atoms with E-state index in [9.17, 15) is 9.59 Å². The van der Waals surface area contributed by atoms with Crippen molar-refractivity contribution in [2.45, 2.75) is 19.3 Å². The lowest BCUT2D eigenvalue weighted by molar-refractivity contribution is 0.102. The summed E-state index contributed by atoms with van der Waals surface area (Å²) in [4.78, 5) is 43.8. The van der Waals surface area contributed by atoms with E-state index in [0.717, 1.165) is 25.9 Å². The molecule has 1 N–H and O–H groups in total. The van der Waals surface area contributed by atoms with Gasteiger partial charge in [-0.2, -0.15) is 0 Å². The van der Waals surface area contributed by atoms with Crippen LogP contribution in [0.4, 0.5) is 16.4 Å². The maximum absolute atomic E-state index is 12.7. The fourth-order valence-corrected chi connectivity index (χ4v) is 3.65. The Morgan fingerprint density at radius 3 is 2.38 bits per heavy atom. The molecule has 0 spiro atoms. The van der Waals surface area contributed by atoms with Crippen molar-refractivity contribution in [1.29, 1.82) is 0 Å². The number of pyridine rings is 1. The number of likely N-dealkylation sites (tertiary alicyclic amines) is 1. The van der Waals surface area contributed by atoms with E-state index in [0.29, 0.717) is 37.8 Å². The number of nitrogens with zero attached hydrogens (tertiary/aromatic N) is 6. The molecule has 0 aliphatic carbocycles. The van der Waals surface area contributed by atoms with Crippen molar-refractivity contribution in [3.05, 3.63) is 42.5 Å². The third kappa shape index (κ3) is 4.61. The van der Waals surface area contributed by atoms with Crippen LogP contribution in [0, 0.1) is 0 Å². The molecule has 3 amide bonds. The summed E-state index contributed by atoms with van der Waals surface area (Å²) >= 11 is 0. The SMILES string of the molecule is O=C(Nc1ccccn1)c1cncc(N2CCN(C(=O)N3CCCCC3)CC2)n1. The van der Waals surface area contributed by atoms with Gasteiger partial charge in [0.05, 0.1) is 12.4 Å². The highest BCUT2D eigenvalue weighted by atomic mass is 16.2. The van der Waals surface area contributed by atoms with E-state index in [4.69, 9.17) is 0 Å². The van der Waals surface area contributed by atoms with E-state index < -0.39 is 0 Å². The second-order valence-corrected chi connectivity index (χ2v) is 7.24. The van der Waals surface area contributed by atoms with Crippen LogP contribution in [0.25, 0.3) is 0 Å². The van der Waals surface area contributed by atoms with Crippen LogP contribution >= 0.6 is 0 Å². The Balaban J connectivity index is 1.35. The molecule has 0 radical (unpaired) electrons. The van der Waals surface area contributed by atoms with Crippen LogP contribution in [-0.4, -0.2) is 76.0 Å². The van der Waals surface area contributed by atoms with Gasteiger partial charge in [-0.25, -0.2) is 14.8 Å². The first-order valence-corrected chi connectivity index (χ1v) is 10.0. The van der Waals surface area contributed by atoms with Crippen molar-refractivity contribution >= 4 is 23.6 Å². The summed E-state index contributed by atoms with van der Waals surface area (Å²) in [6.07, 6.45) is 8.10. The van der Waals surface area contributed by atoms with Gasteiger partial charge in [0.25, 0.3) is 5.91 Å². The summed E-state index contributed by atoms with van der Waals surface area (Å²) in [6.45, 7) is 4.33. The molecule has 2 aliphatic heterocycles. The molecule has 0 saturated carbocycles. The maximum atomic E-state index is 12.7. The minimum atomic E-state index is -0.350. The second kappa shape index (κ2) is 8.85. The van der Waals surface area contributed by atoms with Crippen molar-refractivity contribution in [3.8, 4) is 0 Å². The quantitative estimate of drug-likeness (QED) is 0.852. The normalized spacial score (nSPS) is 17.2. The molecule has 2 saturated heterocycles. The van der Waals surface area contributed by atoms with Gasteiger partial charge in [-0.3, -0.25) is 9.78 Å². The number of hydrogen-bond acceptors (Lipinski definition) is 6.